The number of carbonyl (C=O) groups is 1. The average molecular weight is 421 g/mol. The van der Waals surface area contributed by atoms with Gasteiger partial charge in [-0.25, -0.2) is 0 Å². The first kappa shape index (κ1) is 24.6. The highest BCUT2D eigenvalue weighted by atomic mass is 35.5. The summed E-state index contributed by atoms with van der Waals surface area (Å²) in [5.41, 5.74) is 0. The molecule has 156 valence electrons. The lowest BCUT2D eigenvalue weighted by Crippen LogP contribution is -2.23. The van der Waals surface area contributed by atoms with Crippen LogP contribution in [0.5, 0.6) is 0 Å². The number of thioether (sulfide) groups is 1. The number of alkyl halides is 1. The van der Waals surface area contributed by atoms with Crippen LogP contribution in [0, 0.1) is 29.6 Å². The van der Waals surface area contributed by atoms with E-state index in [9.17, 15) is 15.0 Å². The number of carboxylic acids is 1. The van der Waals surface area contributed by atoms with Gasteiger partial charge >= 0.3 is 5.97 Å². The highest BCUT2D eigenvalue weighted by Gasteiger charge is 2.40. The number of aliphatic hydroxyl groups is 2. The number of hydrogen-bond acceptors (Lipinski definition) is 4. The largest absolute Gasteiger partial charge is 0.481 e. The van der Waals surface area contributed by atoms with Gasteiger partial charge in [0.1, 0.15) is 6.10 Å². The molecule has 2 aliphatic carbocycles. The van der Waals surface area contributed by atoms with Crippen molar-refractivity contribution < 1.29 is 25.6 Å². The maximum atomic E-state index is 10.5. The van der Waals surface area contributed by atoms with Crippen LogP contribution in [0.15, 0.2) is 0 Å². The molecule has 5 atom stereocenters. The van der Waals surface area contributed by atoms with Gasteiger partial charge in [-0.05, 0) is 49.7 Å². The van der Waals surface area contributed by atoms with Crippen molar-refractivity contribution in [2.45, 2.75) is 75.4 Å². The van der Waals surface area contributed by atoms with E-state index in [-0.39, 0.29) is 34.4 Å². The molecule has 2 rings (SSSR count). The predicted octanol–water partition coefficient (Wildman–Crippen LogP) is 2.70. The van der Waals surface area contributed by atoms with Gasteiger partial charge in [-0.2, -0.15) is 11.8 Å². The van der Waals surface area contributed by atoms with Gasteiger partial charge in [0, 0.05) is 5.38 Å². The summed E-state index contributed by atoms with van der Waals surface area (Å²) in [4.78, 5) is 10.5. The van der Waals surface area contributed by atoms with Gasteiger partial charge in [-0.1, -0.05) is 37.5 Å². The first-order chi connectivity index (χ1) is 12.5. The zero-order chi connectivity index (χ0) is 18.9. The van der Waals surface area contributed by atoms with E-state index in [1.54, 1.807) is 0 Å². The third-order valence-electron chi connectivity index (χ3n) is 5.60. The fraction of sp³-hybridized carbons (Fsp3) is 0.850. The molecule has 0 unspecified atom stereocenters. The van der Waals surface area contributed by atoms with E-state index in [1.807, 2.05) is 0 Å². The zero-order valence-electron chi connectivity index (χ0n) is 15.8. The van der Waals surface area contributed by atoms with Crippen molar-refractivity contribution in [2.75, 3.05) is 11.5 Å². The molecule has 2 aliphatic rings. The molecule has 2 fully saturated rings. The Hall–Kier alpha value is -0.450. The van der Waals surface area contributed by atoms with Crippen LogP contribution in [0.3, 0.4) is 0 Å². The molecule has 0 spiro atoms. The molecule has 2 saturated carbocycles. The first-order valence-corrected chi connectivity index (χ1v) is 11.4. The van der Waals surface area contributed by atoms with E-state index in [2.05, 4.69) is 11.8 Å². The number of hydrogen-bond donors (Lipinski definition) is 3. The van der Waals surface area contributed by atoms with Gasteiger partial charge in [0.2, 0.25) is 0 Å². The summed E-state index contributed by atoms with van der Waals surface area (Å²) in [6.45, 7) is 0. The summed E-state index contributed by atoms with van der Waals surface area (Å²) in [5.74, 6) is 6.62. The summed E-state index contributed by atoms with van der Waals surface area (Å²) in [6, 6.07) is 0. The van der Waals surface area contributed by atoms with Gasteiger partial charge in [-0.15, -0.1) is 11.6 Å². The molecular weight excluding hydrogens is 388 g/mol. The molecule has 0 radical (unpaired) electrons. The van der Waals surface area contributed by atoms with Crippen molar-refractivity contribution in [3.05, 3.63) is 0 Å². The summed E-state index contributed by atoms with van der Waals surface area (Å²) in [5, 5.41) is 29.2. The second-order valence-electron chi connectivity index (χ2n) is 7.58. The van der Waals surface area contributed by atoms with Crippen LogP contribution in [0.1, 0.15) is 57.8 Å². The number of aliphatic carboxylic acids is 1. The quantitative estimate of drug-likeness (QED) is 0.317. The van der Waals surface area contributed by atoms with E-state index in [0.29, 0.717) is 6.42 Å². The molecule has 0 amide bonds. The Labute approximate surface area is 171 Å². The van der Waals surface area contributed by atoms with Gasteiger partial charge in [0.25, 0.3) is 0 Å². The SMILES string of the molecule is O.O=C(O)CSCCCC[C@@H]1[C@@H](C#C[C@@H](O)C2CCCCC2)[C@H](O)C[C@H]1Cl. The Morgan fingerprint density at radius 1 is 1.22 bits per heavy atom. The third kappa shape index (κ3) is 8.21. The van der Waals surface area contributed by atoms with Crippen LogP contribution in [0.4, 0.5) is 0 Å². The Balaban J connectivity index is 0.00000364. The minimum atomic E-state index is -0.776. The van der Waals surface area contributed by atoms with E-state index >= 15 is 0 Å². The van der Waals surface area contributed by atoms with Crippen molar-refractivity contribution in [1.82, 2.24) is 0 Å². The molecule has 7 heteroatoms. The highest BCUT2D eigenvalue weighted by Crippen LogP contribution is 2.39. The molecule has 5 nitrogen and oxygen atoms in total. The summed E-state index contributed by atoms with van der Waals surface area (Å²) in [7, 11) is 0. The summed E-state index contributed by atoms with van der Waals surface area (Å²) in [6.07, 6.45) is 7.89. The molecular formula is C20H33ClO5S. The lowest BCUT2D eigenvalue weighted by Gasteiger charge is -2.24. The second kappa shape index (κ2) is 12.9. The van der Waals surface area contributed by atoms with Crippen molar-refractivity contribution in [3.63, 3.8) is 0 Å². The normalized spacial score (nSPS) is 29.4. The molecule has 0 saturated heterocycles. The summed E-state index contributed by atoms with van der Waals surface area (Å²) >= 11 is 7.87. The zero-order valence-corrected chi connectivity index (χ0v) is 17.4. The minimum Gasteiger partial charge on any atom is -0.481 e. The molecule has 0 aromatic carbocycles. The number of rotatable bonds is 8. The van der Waals surface area contributed by atoms with Crippen molar-refractivity contribution >= 4 is 29.3 Å². The first-order valence-electron chi connectivity index (χ1n) is 9.80. The fourth-order valence-electron chi connectivity index (χ4n) is 4.12. The minimum absolute atomic E-state index is 0. The lowest BCUT2D eigenvalue weighted by atomic mass is 9.84. The smallest absolute Gasteiger partial charge is 0.313 e. The van der Waals surface area contributed by atoms with Crippen LogP contribution in [0.2, 0.25) is 0 Å². The molecule has 0 aromatic heterocycles. The van der Waals surface area contributed by atoms with E-state index in [4.69, 9.17) is 16.7 Å². The van der Waals surface area contributed by atoms with Crippen LogP contribution in [0.25, 0.3) is 0 Å². The molecule has 27 heavy (non-hydrogen) atoms. The summed E-state index contributed by atoms with van der Waals surface area (Å²) < 4.78 is 0. The molecule has 5 N–H and O–H groups in total. The third-order valence-corrected chi connectivity index (χ3v) is 7.13. The fourth-order valence-corrected chi connectivity index (χ4v) is 5.31. The molecule has 0 aromatic rings. The molecule has 0 bridgehead atoms. The lowest BCUT2D eigenvalue weighted by molar-refractivity contribution is -0.133. The van der Waals surface area contributed by atoms with Crippen molar-refractivity contribution in [1.29, 1.82) is 0 Å². The Kier molecular flexibility index (Phi) is 11.7. The number of unbranched alkanes of at least 4 members (excludes halogenated alkanes) is 1. The van der Waals surface area contributed by atoms with Crippen LogP contribution in [-0.4, -0.2) is 55.9 Å². The van der Waals surface area contributed by atoms with Gasteiger partial charge in [0.05, 0.1) is 17.8 Å². The number of carboxylic acid groups (broad SMARTS) is 1. The average Bonchev–Trinajstić information content (AvgIpc) is 2.89. The van der Waals surface area contributed by atoms with Gasteiger partial charge in [0.15, 0.2) is 0 Å². The van der Waals surface area contributed by atoms with Crippen LogP contribution >= 0.6 is 23.4 Å². The highest BCUT2D eigenvalue weighted by molar-refractivity contribution is 7.99. The van der Waals surface area contributed by atoms with Crippen LogP contribution in [-0.2, 0) is 4.79 Å². The maximum Gasteiger partial charge on any atom is 0.313 e. The Morgan fingerprint density at radius 2 is 1.93 bits per heavy atom. The van der Waals surface area contributed by atoms with Crippen LogP contribution < -0.4 is 0 Å². The maximum absolute atomic E-state index is 10.5. The Bertz CT molecular complexity index is 500. The van der Waals surface area contributed by atoms with Gasteiger partial charge in [-0.3, -0.25) is 4.79 Å². The predicted molar refractivity (Wildman–Crippen MR) is 110 cm³/mol. The van der Waals surface area contributed by atoms with E-state index < -0.39 is 18.2 Å². The van der Waals surface area contributed by atoms with Crippen molar-refractivity contribution in [3.8, 4) is 11.8 Å². The van der Waals surface area contributed by atoms with Crippen molar-refractivity contribution in [2.24, 2.45) is 17.8 Å². The van der Waals surface area contributed by atoms with E-state index in [1.165, 1.54) is 31.0 Å². The van der Waals surface area contributed by atoms with E-state index in [0.717, 1.165) is 37.9 Å². The standard InChI is InChI=1S/C20H31ClO4S.H2O/c21-17-12-19(23)16(9-10-18(22)14-6-2-1-3-7-14)15(17)8-4-5-11-26-13-20(24)25;/h14-19,22-23H,1-8,11-13H2,(H,24,25);1H2/t15-,16-,17-,18-,19-;/m1./s1. The number of aliphatic hydroxyl groups excluding tert-OH is 2. The topological polar surface area (TPSA) is 109 Å². The monoisotopic (exact) mass is 420 g/mol. The number of halogens is 1. The molecule has 0 aliphatic heterocycles. The second-order valence-corrected chi connectivity index (χ2v) is 9.25. The molecule has 0 heterocycles. The van der Waals surface area contributed by atoms with Gasteiger partial charge < -0.3 is 20.8 Å². The Morgan fingerprint density at radius 3 is 2.59 bits per heavy atom.